The maximum absolute atomic E-state index is 12.4. The molecular formula is C21H24N2O3S. The van der Waals surface area contributed by atoms with Gasteiger partial charge in [0.15, 0.2) is 4.80 Å². The normalized spacial score (nSPS) is 11.7. The molecule has 0 saturated carbocycles. The number of hydrogen-bond donors (Lipinski definition) is 0. The van der Waals surface area contributed by atoms with Gasteiger partial charge in [-0.3, -0.25) is 4.79 Å². The summed E-state index contributed by atoms with van der Waals surface area (Å²) >= 11 is 1.52. The van der Waals surface area contributed by atoms with Crippen LogP contribution in [0.15, 0.2) is 53.5 Å². The van der Waals surface area contributed by atoms with Crippen LogP contribution in [0.1, 0.15) is 26.7 Å². The maximum atomic E-state index is 12.4. The van der Waals surface area contributed by atoms with E-state index in [1.54, 1.807) is 0 Å². The molecule has 0 N–H and O–H groups in total. The summed E-state index contributed by atoms with van der Waals surface area (Å²) in [7, 11) is 0. The number of carbonyl (C=O) groups excluding carboxylic acids is 1. The fraction of sp³-hybridized carbons (Fsp3) is 0.333. The molecule has 1 aromatic heterocycles. The van der Waals surface area contributed by atoms with Crippen LogP contribution in [0.2, 0.25) is 0 Å². The molecule has 0 saturated heterocycles. The number of aryl methyl sites for hydroxylation is 1. The molecule has 0 radical (unpaired) electrons. The molecule has 5 nitrogen and oxygen atoms in total. The Balaban J connectivity index is 1.82. The topological polar surface area (TPSA) is 52.8 Å². The van der Waals surface area contributed by atoms with Crippen LogP contribution in [0.25, 0.3) is 10.2 Å². The van der Waals surface area contributed by atoms with E-state index in [-0.39, 0.29) is 12.3 Å². The fourth-order valence-corrected chi connectivity index (χ4v) is 3.91. The molecule has 0 bridgehead atoms. The minimum atomic E-state index is -0.180. The van der Waals surface area contributed by atoms with Crippen LogP contribution < -0.4 is 14.3 Å². The molecule has 0 atom stereocenters. The largest absolute Gasteiger partial charge is 0.493 e. The van der Waals surface area contributed by atoms with Crippen molar-refractivity contribution >= 4 is 27.5 Å². The second kappa shape index (κ2) is 9.37. The Morgan fingerprint density at radius 3 is 2.63 bits per heavy atom. The lowest BCUT2D eigenvalue weighted by molar-refractivity contribution is -0.118. The van der Waals surface area contributed by atoms with Gasteiger partial charge in [0.05, 0.1) is 24.3 Å². The molecule has 1 heterocycles. The van der Waals surface area contributed by atoms with Gasteiger partial charge in [0, 0.05) is 6.54 Å². The number of aromatic nitrogens is 1. The number of amides is 1. The van der Waals surface area contributed by atoms with Crippen molar-refractivity contribution in [2.24, 2.45) is 4.99 Å². The predicted octanol–water partition coefficient (Wildman–Crippen LogP) is 4.41. The van der Waals surface area contributed by atoms with Gasteiger partial charge in [-0.25, -0.2) is 0 Å². The molecule has 27 heavy (non-hydrogen) atoms. The monoisotopic (exact) mass is 384 g/mol. The first-order valence-corrected chi connectivity index (χ1v) is 10.0. The van der Waals surface area contributed by atoms with Gasteiger partial charge in [0.1, 0.15) is 17.0 Å². The van der Waals surface area contributed by atoms with Gasteiger partial charge in [-0.1, -0.05) is 42.5 Å². The molecular weight excluding hydrogens is 360 g/mol. The first-order valence-electron chi connectivity index (χ1n) is 9.23. The quantitative estimate of drug-likeness (QED) is 0.578. The Morgan fingerprint density at radius 2 is 1.89 bits per heavy atom. The van der Waals surface area contributed by atoms with Crippen molar-refractivity contribution in [2.75, 3.05) is 13.2 Å². The highest BCUT2D eigenvalue weighted by Crippen LogP contribution is 2.27. The van der Waals surface area contributed by atoms with Crippen LogP contribution >= 0.6 is 11.3 Å². The van der Waals surface area contributed by atoms with E-state index in [1.807, 2.05) is 55.5 Å². The van der Waals surface area contributed by atoms with E-state index >= 15 is 0 Å². The van der Waals surface area contributed by atoms with Crippen molar-refractivity contribution in [3.05, 3.63) is 53.3 Å². The van der Waals surface area contributed by atoms with E-state index < -0.39 is 0 Å². The van der Waals surface area contributed by atoms with Crippen molar-refractivity contribution in [3.8, 4) is 11.5 Å². The highest BCUT2D eigenvalue weighted by Gasteiger charge is 2.12. The second-order valence-corrected chi connectivity index (χ2v) is 7.00. The summed E-state index contributed by atoms with van der Waals surface area (Å²) in [5.41, 5.74) is 1.01. The first-order chi connectivity index (χ1) is 13.2. The molecule has 3 aromatic rings. The number of para-hydroxylation sites is 2. The van der Waals surface area contributed by atoms with E-state index in [0.717, 1.165) is 34.7 Å². The molecule has 2 aromatic carbocycles. The summed E-state index contributed by atoms with van der Waals surface area (Å²) < 4.78 is 14.5. The average molecular weight is 385 g/mol. The number of fused-ring (bicyclic) bond motifs is 1. The molecule has 0 aliphatic heterocycles. The fourth-order valence-electron chi connectivity index (χ4n) is 2.82. The summed E-state index contributed by atoms with van der Waals surface area (Å²) in [5.74, 6) is 1.41. The number of rotatable bonds is 8. The Bertz CT molecular complexity index is 960. The van der Waals surface area contributed by atoms with Crippen LogP contribution in [-0.4, -0.2) is 23.7 Å². The Labute approximate surface area is 162 Å². The third-order valence-electron chi connectivity index (χ3n) is 3.96. The van der Waals surface area contributed by atoms with E-state index in [1.165, 1.54) is 11.3 Å². The number of hydrogen-bond acceptors (Lipinski definition) is 4. The van der Waals surface area contributed by atoms with Gasteiger partial charge in [-0.2, -0.15) is 4.99 Å². The summed E-state index contributed by atoms with van der Waals surface area (Å²) in [6, 6.07) is 15.5. The van der Waals surface area contributed by atoms with Crippen LogP contribution in [-0.2, 0) is 11.3 Å². The van der Waals surface area contributed by atoms with Gasteiger partial charge in [-0.05, 0) is 37.6 Å². The minimum Gasteiger partial charge on any atom is -0.493 e. The van der Waals surface area contributed by atoms with Crippen molar-refractivity contribution in [1.29, 1.82) is 0 Å². The summed E-state index contributed by atoms with van der Waals surface area (Å²) in [6.07, 6.45) is 1.19. The Hall–Kier alpha value is -2.60. The lowest BCUT2D eigenvalue weighted by atomic mass is 10.3. The molecule has 0 aliphatic carbocycles. The SMILES string of the molecule is CCCn1c(=NC(=O)CCOc2ccccc2)sc2cccc(OCC)c21. The molecule has 0 fully saturated rings. The molecule has 0 unspecified atom stereocenters. The van der Waals surface area contributed by atoms with Gasteiger partial charge < -0.3 is 14.0 Å². The Morgan fingerprint density at radius 1 is 1.07 bits per heavy atom. The van der Waals surface area contributed by atoms with Gasteiger partial charge in [-0.15, -0.1) is 0 Å². The highest BCUT2D eigenvalue weighted by atomic mass is 32.1. The minimum absolute atomic E-state index is 0.180. The van der Waals surface area contributed by atoms with Crippen molar-refractivity contribution in [3.63, 3.8) is 0 Å². The van der Waals surface area contributed by atoms with Gasteiger partial charge in [0.2, 0.25) is 0 Å². The van der Waals surface area contributed by atoms with Crippen LogP contribution in [0.5, 0.6) is 11.5 Å². The molecule has 3 rings (SSSR count). The molecule has 6 heteroatoms. The standard InChI is InChI=1S/C21H24N2O3S/c1-3-14-23-20-17(25-4-2)11-8-12-18(20)27-21(23)22-19(24)13-15-26-16-9-6-5-7-10-16/h5-12H,3-4,13-15H2,1-2H3. The van der Waals surface area contributed by atoms with Gasteiger partial charge in [0.25, 0.3) is 5.91 Å². The van der Waals surface area contributed by atoms with Crippen molar-refractivity contribution in [2.45, 2.75) is 33.2 Å². The van der Waals surface area contributed by atoms with E-state index in [2.05, 4.69) is 16.5 Å². The van der Waals surface area contributed by atoms with Crippen LogP contribution in [0.3, 0.4) is 0 Å². The predicted molar refractivity (Wildman–Crippen MR) is 108 cm³/mol. The smallest absolute Gasteiger partial charge is 0.251 e. The van der Waals surface area contributed by atoms with Crippen molar-refractivity contribution in [1.82, 2.24) is 4.57 Å². The summed E-state index contributed by atoms with van der Waals surface area (Å²) in [4.78, 5) is 17.4. The van der Waals surface area contributed by atoms with Crippen LogP contribution in [0.4, 0.5) is 0 Å². The number of benzene rings is 2. The molecule has 0 spiro atoms. The third-order valence-corrected chi connectivity index (χ3v) is 5.00. The lowest BCUT2D eigenvalue weighted by Crippen LogP contribution is -2.18. The zero-order chi connectivity index (χ0) is 19.1. The summed E-state index contributed by atoms with van der Waals surface area (Å²) in [5, 5.41) is 0. The lowest BCUT2D eigenvalue weighted by Gasteiger charge is -2.08. The highest BCUT2D eigenvalue weighted by molar-refractivity contribution is 7.16. The van der Waals surface area contributed by atoms with Crippen molar-refractivity contribution < 1.29 is 14.3 Å². The van der Waals surface area contributed by atoms with Crippen LogP contribution in [0, 0.1) is 0 Å². The second-order valence-electron chi connectivity index (χ2n) is 5.99. The summed E-state index contributed by atoms with van der Waals surface area (Å²) in [6.45, 7) is 5.78. The molecule has 1 amide bonds. The number of nitrogens with zero attached hydrogens (tertiary/aromatic N) is 2. The average Bonchev–Trinajstić information content (AvgIpc) is 3.01. The van der Waals surface area contributed by atoms with E-state index in [0.29, 0.717) is 18.0 Å². The Kier molecular flexibility index (Phi) is 6.65. The van der Waals surface area contributed by atoms with Gasteiger partial charge >= 0.3 is 0 Å². The zero-order valence-electron chi connectivity index (χ0n) is 15.7. The first kappa shape index (κ1) is 19.2. The number of carbonyl (C=O) groups is 1. The molecule has 0 aliphatic rings. The molecule has 142 valence electrons. The third kappa shape index (κ3) is 4.77. The number of ether oxygens (including phenoxy) is 2. The maximum Gasteiger partial charge on any atom is 0.251 e. The van der Waals surface area contributed by atoms with E-state index in [9.17, 15) is 4.79 Å². The number of thiazole rings is 1. The van der Waals surface area contributed by atoms with E-state index in [4.69, 9.17) is 9.47 Å². The zero-order valence-corrected chi connectivity index (χ0v) is 16.5.